The van der Waals surface area contributed by atoms with Gasteiger partial charge in [0.1, 0.15) is 5.82 Å². The Labute approximate surface area is 86.2 Å². The van der Waals surface area contributed by atoms with E-state index in [1.54, 1.807) is 0 Å². The third kappa shape index (κ3) is 3.00. The number of rotatable bonds is 4. The Balaban J connectivity index is 2.84. The number of aromatic nitrogens is 1. The highest BCUT2D eigenvalue weighted by molar-refractivity contribution is 5.40. The number of anilines is 1. The van der Waals surface area contributed by atoms with E-state index in [9.17, 15) is 0 Å². The number of pyridine rings is 1. The minimum atomic E-state index is 0.917. The van der Waals surface area contributed by atoms with Gasteiger partial charge in [0.25, 0.3) is 0 Å². The Morgan fingerprint density at radius 3 is 2.64 bits per heavy atom. The van der Waals surface area contributed by atoms with Crippen LogP contribution in [-0.2, 0) is 6.54 Å². The molecule has 1 heterocycles. The van der Waals surface area contributed by atoms with Crippen LogP contribution in [0.3, 0.4) is 0 Å². The van der Waals surface area contributed by atoms with Crippen LogP contribution < -0.4 is 10.2 Å². The minimum absolute atomic E-state index is 0.917. The molecule has 0 saturated carbocycles. The predicted molar refractivity (Wildman–Crippen MR) is 60.7 cm³/mol. The summed E-state index contributed by atoms with van der Waals surface area (Å²) in [6.45, 7) is 6.06. The molecule has 0 atom stereocenters. The van der Waals surface area contributed by atoms with Gasteiger partial charge in [0.2, 0.25) is 0 Å². The van der Waals surface area contributed by atoms with E-state index in [0.29, 0.717) is 0 Å². The van der Waals surface area contributed by atoms with E-state index in [0.717, 1.165) is 24.6 Å². The highest BCUT2D eigenvalue weighted by Crippen LogP contribution is 2.12. The van der Waals surface area contributed by atoms with Crippen molar-refractivity contribution >= 4 is 5.82 Å². The summed E-state index contributed by atoms with van der Waals surface area (Å²) in [5.74, 6) is 1.03. The Morgan fingerprint density at radius 1 is 1.36 bits per heavy atom. The molecule has 78 valence electrons. The molecule has 0 aromatic carbocycles. The number of nitrogens with one attached hydrogen (secondary N) is 1. The molecule has 0 aliphatic rings. The Hall–Kier alpha value is -1.09. The van der Waals surface area contributed by atoms with Crippen LogP contribution in [0, 0.1) is 6.92 Å². The quantitative estimate of drug-likeness (QED) is 0.786. The lowest BCUT2D eigenvalue weighted by atomic mass is 10.2. The van der Waals surface area contributed by atoms with Gasteiger partial charge >= 0.3 is 0 Å². The molecule has 0 unspecified atom stereocenters. The van der Waals surface area contributed by atoms with Gasteiger partial charge in [-0.25, -0.2) is 4.98 Å². The number of hydrogen-bond acceptors (Lipinski definition) is 3. The van der Waals surface area contributed by atoms with Crippen LogP contribution in [0.4, 0.5) is 5.82 Å². The Bertz CT molecular complexity index is 295. The second kappa shape index (κ2) is 4.96. The van der Waals surface area contributed by atoms with Gasteiger partial charge in [-0.1, -0.05) is 6.92 Å². The first-order valence-corrected chi connectivity index (χ1v) is 4.99. The summed E-state index contributed by atoms with van der Waals surface area (Å²) in [5, 5.41) is 3.31. The molecule has 0 bridgehead atoms. The van der Waals surface area contributed by atoms with Crippen molar-refractivity contribution in [1.29, 1.82) is 0 Å². The molecule has 14 heavy (non-hydrogen) atoms. The van der Waals surface area contributed by atoms with Gasteiger partial charge in [0, 0.05) is 26.3 Å². The smallest absolute Gasteiger partial charge is 0.128 e. The molecule has 1 aromatic heterocycles. The average Bonchev–Trinajstić information content (AvgIpc) is 2.14. The fourth-order valence-corrected chi connectivity index (χ4v) is 1.32. The number of hydrogen-bond donors (Lipinski definition) is 1. The van der Waals surface area contributed by atoms with Gasteiger partial charge in [-0.15, -0.1) is 0 Å². The fourth-order valence-electron chi connectivity index (χ4n) is 1.32. The number of aryl methyl sites for hydroxylation is 1. The SMILES string of the molecule is CCNCc1cc(C)nc(N(C)C)c1. The average molecular weight is 193 g/mol. The normalized spacial score (nSPS) is 10.3. The minimum Gasteiger partial charge on any atom is -0.363 e. The lowest BCUT2D eigenvalue weighted by molar-refractivity contribution is 0.725. The van der Waals surface area contributed by atoms with Gasteiger partial charge in [-0.2, -0.15) is 0 Å². The van der Waals surface area contributed by atoms with Gasteiger partial charge in [0.05, 0.1) is 0 Å². The van der Waals surface area contributed by atoms with Crippen molar-refractivity contribution in [3.05, 3.63) is 23.4 Å². The maximum atomic E-state index is 4.44. The third-order valence-electron chi connectivity index (χ3n) is 2.04. The first kappa shape index (κ1) is 11.0. The van der Waals surface area contributed by atoms with Crippen LogP contribution in [0.5, 0.6) is 0 Å². The summed E-state index contributed by atoms with van der Waals surface area (Å²) in [7, 11) is 4.03. The Morgan fingerprint density at radius 2 is 2.07 bits per heavy atom. The van der Waals surface area contributed by atoms with Crippen LogP contribution in [-0.4, -0.2) is 25.6 Å². The second-order valence-corrected chi connectivity index (χ2v) is 3.65. The van der Waals surface area contributed by atoms with E-state index in [4.69, 9.17) is 0 Å². The van der Waals surface area contributed by atoms with Crippen LogP contribution in [0.25, 0.3) is 0 Å². The molecule has 1 aromatic rings. The Kier molecular flexibility index (Phi) is 3.89. The maximum Gasteiger partial charge on any atom is 0.128 e. The van der Waals surface area contributed by atoms with Crippen LogP contribution in [0.15, 0.2) is 12.1 Å². The van der Waals surface area contributed by atoms with Gasteiger partial charge in [-0.3, -0.25) is 0 Å². The summed E-state index contributed by atoms with van der Waals surface area (Å²) in [6.07, 6.45) is 0. The van der Waals surface area contributed by atoms with E-state index in [2.05, 4.69) is 29.4 Å². The zero-order valence-electron chi connectivity index (χ0n) is 9.46. The van der Waals surface area contributed by atoms with E-state index < -0.39 is 0 Å². The largest absolute Gasteiger partial charge is 0.363 e. The molecular formula is C11H19N3. The first-order chi connectivity index (χ1) is 6.63. The summed E-state index contributed by atoms with van der Waals surface area (Å²) in [5.41, 5.74) is 2.37. The second-order valence-electron chi connectivity index (χ2n) is 3.65. The van der Waals surface area contributed by atoms with Gasteiger partial charge < -0.3 is 10.2 Å². The van der Waals surface area contributed by atoms with Crippen molar-refractivity contribution in [2.24, 2.45) is 0 Å². The maximum absolute atomic E-state index is 4.44. The van der Waals surface area contributed by atoms with E-state index >= 15 is 0 Å². The fraction of sp³-hybridized carbons (Fsp3) is 0.545. The summed E-state index contributed by atoms with van der Waals surface area (Å²) < 4.78 is 0. The third-order valence-corrected chi connectivity index (χ3v) is 2.04. The molecule has 0 saturated heterocycles. The zero-order chi connectivity index (χ0) is 10.6. The standard InChI is InChI=1S/C11H19N3/c1-5-12-8-10-6-9(2)13-11(7-10)14(3)4/h6-7,12H,5,8H2,1-4H3. The first-order valence-electron chi connectivity index (χ1n) is 4.99. The van der Waals surface area contributed by atoms with Crippen molar-refractivity contribution < 1.29 is 0 Å². The van der Waals surface area contributed by atoms with Crippen molar-refractivity contribution in [3.8, 4) is 0 Å². The van der Waals surface area contributed by atoms with Crippen LogP contribution in [0.1, 0.15) is 18.2 Å². The lowest BCUT2D eigenvalue weighted by Crippen LogP contribution is -2.15. The van der Waals surface area contributed by atoms with E-state index in [-0.39, 0.29) is 0 Å². The molecule has 0 spiro atoms. The van der Waals surface area contributed by atoms with Crippen molar-refractivity contribution in [2.75, 3.05) is 25.5 Å². The molecule has 0 radical (unpaired) electrons. The number of nitrogens with zero attached hydrogens (tertiary/aromatic N) is 2. The molecule has 1 rings (SSSR count). The van der Waals surface area contributed by atoms with Gasteiger partial charge in [-0.05, 0) is 31.2 Å². The topological polar surface area (TPSA) is 28.2 Å². The highest BCUT2D eigenvalue weighted by atomic mass is 15.1. The van der Waals surface area contributed by atoms with E-state index in [1.807, 2.05) is 25.9 Å². The molecule has 0 fully saturated rings. The molecule has 3 heteroatoms. The van der Waals surface area contributed by atoms with E-state index in [1.165, 1.54) is 5.56 Å². The molecule has 3 nitrogen and oxygen atoms in total. The van der Waals surface area contributed by atoms with Gasteiger partial charge in [0.15, 0.2) is 0 Å². The zero-order valence-corrected chi connectivity index (χ0v) is 9.46. The summed E-state index contributed by atoms with van der Waals surface area (Å²) in [6, 6.07) is 4.24. The summed E-state index contributed by atoms with van der Waals surface area (Å²) >= 11 is 0. The molecule has 0 amide bonds. The molecule has 0 aliphatic heterocycles. The molecule has 0 aliphatic carbocycles. The van der Waals surface area contributed by atoms with Crippen molar-refractivity contribution in [1.82, 2.24) is 10.3 Å². The van der Waals surface area contributed by atoms with Crippen LogP contribution >= 0.6 is 0 Å². The monoisotopic (exact) mass is 193 g/mol. The summed E-state index contributed by atoms with van der Waals surface area (Å²) in [4.78, 5) is 6.47. The molecular weight excluding hydrogens is 174 g/mol. The lowest BCUT2D eigenvalue weighted by Gasteiger charge is -2.13. The van der Waals surface area contributed by atoms with Crippen molar-refractivity contribution in [2.45, 2.75) is 20.4 Å². The predicted octanol–water partition coefficient (Wildman–Crippen LogP) is 1.57. The van der Waals surface area contributed by atoms with Crippen molar-refractivity contribution in [3.63, 3.8) is 0 Å². The highest BCUT2D eigenvalue weighted by Gasteiger charge is 2.01. The molecule has 1 N–H and O–H groups in total. The van der Waals surface area contributed by atoms with Crippen LogP contribution in [0.2, 0.25) is 0 Å².